The zero-order valence-corrected chi connectivity index (χ0v) is 12.4. The molecule has 6 heteroatoms. The number of amides is 1. The number of hydrogen-bond acceptors (Lipinski definition) is 4. The van der Waals surface area contributed by atoms with Gasteiger partial charge in [-0.3, -0.25) is 4.79 Å². The van der Waals surface area contributed by atoms with Gasteiger partial charge in [0, 0.05) is 11.1 Å². The first-order chi connectivity index (χ1) is 9.08. The molecule has 1 N–H and O–H groups in total. The molecule has 0 aliphatic heterocycles. The second kappa shape index (κ2) is 7.91. The van der Waals surface area contributed by atoms with Crippen LogP contribution in [-0.2, 0) is 19.1 Å². The van der Waals surface area contributed by atoms with Gasteiger partial charge in [-0.1, -0.05) is 28.1 Å². The second-order valence-electron chi connectivity index (χ2n) is 3.71. The molecular weight excluding hydrogens is 314 g/mol. The Morgan fingerprint density at radius 3 is 2.47 bits per heavy atom. The number of benzene rings is 1. The van der Waals surface area contributed by atoms with Crippen LogP contribution in [0.15, 0.2) is 28.7 Å². The van der Waals surface area contributed by atoms with E-state index in [1.54, 1.807) is 31.2 Å². The molecule has 0 aliphatic rings. The van der Waals surface area contributed by atoms with Crippen molar-refractivity contribution in [2.75, 3.05) is 20.3 Å². The van der Waals surface area contributed by atoms with Crippen LogP contribution in [0.5, 0.6) is 0 Å². The van der Waals surface area contributed by atoms with Gasteiger partial charge >= 0.3 is 5.97 Å². The molecule has 0 aromatic heterocycles. The highest BCUT2D eigenvalue weighted by molar-refractivity contribution is 9.10. The lowest BCUT2D eigenvalue weighted by molar-refractivity contribution is -0.145. The maximum absolute atomic E-state index is 11.7. The molecule has 0 fully saturated rings. The van der Waals surface area contributed by atoms with E-state index in [-0.39, 0.29) is 12.5 Å². The monoisotopic (exact) mass is 329 g/mol. The van der Waals surface area contributed by atoms with Crippen LogP contribution >= 0.6 is 15.9 Å². The Bertz CT molecular complexity index is 433. The maximum Gasteiger partial charge on any atom is 0.333 e. The third-order valence-electron chi connectivity index (χ3n) is 2.38. The Labute approximate surface area is 120 Å². The van der Waals surface area contributed by atoms with Crippen LogP contribution in [0.3, 0.4) is 0 Å². The summed E-state index contributed by atoms with van der Waals surface area (Å²) in [4.78, 5) is 23.3. The summed E-state index contributed by atoms with van der Waals surface area (Å²) >= 11 is 3.31. The van der Waals surface area contributed by atoms with Gasteiger partial charge in [0.25, 0.3) is 0 Å². The zero-order chi connectivity index (χ0) is 14.3. The summed E-state index contributed by atoms with van der Waals surface area (Å²) in [5.41, 5.74) is 0.653. The number of rotatable bonds is 6. The van der Waals surface area contributed by atoms with E-state index in [1.807, 2.05) is 0 Å². The number of ether oxygens (including phenoxy) is 2. The lowest BCUT2D eigenvalue weighted by Crippen LogP contribution is -2.36. The number of esters is 1. The largest absolute Gasteiger partial charge is 0.467 e. The van der Waals surface area contributed by atoms with Crippen LogP contribution in [0.4, 0.5) is 0 Å². The molecule has 104 valence electrons. The molecule has 1 aromatic rings. The number of methoxy groups -OCH3 is 1. The number of carbonyl (C=O) groups excluding carboxylic acids is 2. The van der Waals surface area contributed by atoms with Gasteiger partial charge in [0.05, 0.1) is 7.11 Å². The topological polar surface area (TPSA) is 64.6 Å². The van der Waals surface area contributed by atoms with E-state index in [0.717, 1.165) is 4.47 Å². The van der Waals surface area contributed by atoms with Crippen LogP contribution in [0.25, 0.3) is 0 Å². The zero-order valence-electron chi connectivity index (χ0n) is 10.8. The van der Waals surface area contributed by atoms with Crippen molar-refractivity contribution in [3.63, 3.8) is 0 Å². The Balaban J connectivity index is 2.80. The highest BCUT2D eigenvalue weighted by Crippen LogP contribution is 2.18. The second-order valence-corrected chi connectivity index (χ2v) is 4.63. The lowest BCUT2D eigenvalue weighted by Gasteiger charge is -2.17. The first kappa shape index (κ1) is 15.7. The van der Waals surface area contributed by atoms with E-state index < -0.39 is 12.0 Å². The highest BCUT2D eigenvalue weighted by Gasteiger charge is 2.23. The van der Waals surface area contributed by atoms with Gasteiger partial charge in [-0.2, -0.15) is 0 Å². The van der Waals surface area contributed by atoms with Crippen molar-refractivity contribution in [3.05, 3.63) is 34.3 Å². The fourth-order valence-electron chi connectivity index (χ4n) is 1.45. The molecule has 19 heavy (non-hydrogen) atoms. The fraction of sp³-hybridized carbons (Fsp3) is 0.385. The Morgan fingerprint density at radius 2 is 1.95 bits per heavy atom. The normalized spacial score (nSPS) is 11.7. The average molecular weight is 330 g/mol. The van der Waals surface area contributed by atoms with E-state index in [2.05, 4.69) is 21.2 Å². The average Bonchev–Trinajstić information content (AvgIpc) is 2.42. The summed E-state index contributed by atoms with van der Waals surface area (Å²) in [7, 11) is 1.28. The van der Waals surface area contributed by atoms with Crippen molar-refractivity contribution in [1.29, 1.82) is 0 Å². The molecule has 5 nitrogen and oxygen atoms in total. The van der Waals surface area contributed by atoms with Crippen LogP contribution < -0.4 is 5.32 Å². The van der Waals surface area contributed by atoms with Crippen molar-refractivity contribution >= 4 is 27.8 Å². The number of nitrogens with one attached hydrogen (secondary N) is 1. The molecule has 0 heterocycles. The Morgan fingerprint density at radius 1 is 1.32 bits per heavy atom. The number of hydrogen-bond donors (Lipinski definition) is 1. The molecule has 0 spiro atoms. The highest BCUT2D eigenvalue weighted by atomic mass is 79.9. The van der Waals surface area contributed by atoms with Gasteiger partial charge < -0.3 is 14.8 Å². The molecule has 0 radical (unpaired) electrons. The van der Waals surface area contributed by atoms with Crippen molar-refractivity contribution in [3.8, 4) is 0 Å². The van der Waals surface area contributed by atoms with E-state index in [1.165, 1.54) is 7.11 Å². The standard InChI is InChI=1S/C13H16BrNO4/c1-3-19-8-11(16)15-12(13(17)18-2)9-4-6-10(14)7-5-9/h4-7,12H,3,8H2,1-2H3,(H,15,16). The minimum Gasteiger partial charge on any atom is -0.467 e. The van der Waals surface area contributed by atoms with Gasteiger partial charge in [-0.25, -0.2) is 4.79 Å². The van der Waals surface area contributed by atoms with Gasteiger partial charge in [0.2, 0.25) is 5.91 Å². The van der Waals surface area contributed by atoms with Crippen molar-refractivity contribution < 1.29 is 19.1 Å². The van der Waals surface area contributed by atoms with Crippen molar-refractivity contribution in [1.82, 2.24) is 5.32 Å². The predicted molar refractivity (Wildman–Crippen MR) is 73.5 cm³/mol. The van der Waals surface area contributed by atoms with Crippen LogP contribution in [0.2, 0.25) is 0 Å². The lowest BCUT2D eigenvalue weighted by atomic mass is 10.1. The predicted octanol–water partition coefficient (Wildman–Crippen LogP) is 1.82. The molecule has 0 saturated heterocycles. The minimum absolute atomic E-state index is 0.0828. The summed E-state index contributed by atoms with van der Waals surface area (Å²) in [6.07, 6.45) is 0. The van der Waals surface area contributed by atoms with E-state index in [9.17, 15) is 9.59 Å². The maximum atomic E-state index is 11.7. The molecule has 1 amide bonds. The number of carbonyl (C=O) groups is 2. The quantitative estimate of drug-likeness (QED) is 0.808. The molecule has 1 rings (SSSR count). The molecule has 0 saturated carbocycles. The molecule has 1 atom stereocenters. The van der Waals surface area contributed by atoms with Crippen LogP contribution in [0.1, 0.15) is 18.5 Å². The third-order valence-corrected chi connectivity index (χ3v) is 2.91. The van der Waals surface area contributed by atoms with Crippen LogP contribution in [-0.4, -0.2) is 32.2 Å². The molecular formula is C13H16BrNO4. The molecule has 0 aliphatic carbocycles. The minimum atomic E-state index is -0.828. The van der Waals surface area contributed by atoms with Gasteiger partial charge in [0.15, 0.2) is 6.04 Å². The molecule has 0 bridgehead atoms. The van der Waals surface area contributed by atoms with Crippen molar-refractivity contribution in [2.45, 2.75) is 13.0 Å². The molecule has 1 unspecified atom stereocenters. The van der Waals surface area contributed by atoms with Crippen LogP contribution in [0, 0.1) is 0 Å². The van der Waals surface area contributed by atoms with E-state index in [4.69, 9.17) is 9.47 Å². The molecule has 1 aromatic carbocycles. The Hall–Kier alpha value is -1.40. The first-order valence-corrected chi connectivity index (χ1v) is 6.58. The van der Waals surface area contributed by atoms with Gasteiger partial charge in [-0.15, -0.1) is 0 Å². The summed E-state index contributed by atoms with van der Waals surface area (Å²) in [6.45, 7) is 2.15. The smallest absolute Gasteiger partial charge is 0.333 e. The first-order valence-electron chi connectivity index (χ1n) is 5.79. The fourth-order valence-corrected chi connectivity index (χ4v) is 1.71. The van der Waals surface area contributed by atoms with Gasteiger partial charge in [0.1, 0.15) is 6.61 Å². The summed E-state index contributed by atoms with van der Waals surface area (Å²) in [5, 5.41) is 2.58. The summed E-state index contributed by atoms with van der Waals surface area (Å²) in [6, 6.07) is 6.24. The van der Waals surface area contributed by atoms with E-state index in [0.29, 0.717) is 12.2 Å². The summed E-state index contributed by atoms with van der Waals surface area (Å²) < 4.78 is 10.6. The number of halogens is 1. The van der Waals surface area contributed by atoms with Crippen molar-refractivity contribution in [2.24, 2.45) is 0 Å². The SMILES string of the molecule is CCOCC(=O)NC(C(=O)OC)c1ccc(Br)cc1. The summed E-state index contributed by atoms with van der Waals surface area (Å²) in [5.74, 6) is -0.882. The third kappa shape index (κ3) is 5.00. The van der Waals surface area contributed by atoms with Gasteiger partial charge in [-0.05, 0) is 24.6 Å². The van der Waals surface area contributed by atoms with E-state index >= 15 is 0 Å². The Kier molecular flexibility index (Phi) is 6.52.